The van der Waals surface area contributed by atoms with Crippen molar-refractivity contribution >= 4 is 39.5 Å². The van der Waals surface area contributed by atoms with Gasteiger partial charge in [0.25, 0.3) is 17.5 Å². The maximum absolute atomic E-state index is 11.7. The molecule has 0 heterocycles. The number of hydrogen-bond donors (Lipinski definition) is 2. The van der Waals surface area contributed by atoms with E-state index in [0.717, 1.165) is 16.1 Å². The van der Waals surface area contributed by atoms with E-state index in [1.54, 1.807) is 18.2 Å². The zero-order valence-corrected chi connectivity index (χ0v) is 15.9. The summed E-state index contributed by atoms with van der Waals surface area (Å²) in [4.78, 5) is 33.6. The number of nitro benzene ring substituents is 1. The van der Waals surface area contributed by atoms with Gasteiger partial charge in [-0.3, -0.25) is 30.6 Å². The Morgan fingerprint density at radius 3 is 2.70 bits per heavy atom. The number of rotatable bonds is 6. The summed E-state index contributed by atoms with van der Waals surface area (Å²) in [6.45, 7) is 1.63. The highest BCUT2D eigenvalue weighted by Gasteiger charge is 2.06. The predicted molar refractivity (Wildman–Crippen MR) is 103 cm³/mol. The molecule has 0 radical (unpaired) electrons. The first-order valence-electron chi connectivity index (χ1n) is 7.75. The summed E-state index contributed by atoms with van der Waals surface area (Å²) in [6.07, 6.45) is 2.55. The number of non-ortho nitro benzene ring substituents is 1. The molecule has 9 heteroatoms. The lowest BCUT2D eigenvalue weighted by Crippen LogP contribution is -2.43. The molecule has 0 saturated carbocycles. The molecular weight excluding hydrogens is 418 g/mol. The number of ether oxygens (including phenoxy) is 1. The predicted octanol–water partition coefficient (Wildman–Crippen LogP) is 2.91. The first-order valence-corrected chi connectivity index (χ1v) is 8.55. The van der Waals surface area contributed by atoms with E-state index in [1.165, 1.54) is 24.3 Å². The van der Waals surface area contributed by atoms with Gasteiger partial charge in [-0.05, 0) is 42.3 Å². The van der Waals surface area contributed by atoms with Crippen molar-refractivity contribution in [3.8, 4) is 5.75 Å². The minimum atomic E-state index is -0.589. The Bertz CT molecular complexity index is 898. The topological polar surface area (TPSA) is 111 Å². The number of carbonyl (C=O) groups is 2. The number of halogens is 1. The van der Waals surface area contributed by atoms with Crippen LogP contribution in [0.15, 0.2) is 53.0 Å². The third-order valence-corrected chi connectivity index (χ3v) is 4.22. The summed E-state index contributed by atoms with van der Waals surface area (Å²) in [5, 5.41) is 10.7. The van der Waals surface area contributed by atoms with E-state index < -0.39 is 16.7 Å². The number of nitrogens with zero attached hydrogens (tertiary/aromatic N) is 1. The van der Waals surface area contributed by atoms with Gasteiger partial charge in [0.05, 0.1) is 4.92 Å². The van der Waals surface area contributed by atoms with Crippen molar-refractivity contribution in [2.45, 2.75) is 6.92 Å². The fourth-order valence-corrected chi connectivity index (χ4v) is 2.23. The number of benzene rings is 2. The van der Waals surface area contributed by atoms with Gasteiger partial charge >= 0.3 is 0 Å². The molecule has 0 aliphatic carbocycles. The van der Waals surface area contributed by atoms with Gasteiger partial charge in [0.2, 0.25) is 0 Å². The van der Waals surface area contributed by atoms with Gasteiger partial charge in [-0.25, -0.2) is 0 Å². The first-order chi connectivity index (χ1) is 12.8. The lowest BCUT2D eigenvalue weighted by Gasteiger charge is -2.08. The standard InChI is InChI=1S/C18H16BrN3O5/c1-12-9-15(6-7-16(12)19)27-11-18(24)21-20-17(23)8-5-13-3-2-4-14(10-13)22(25)26/h2-10H,11H2,1H3,(H,20,23)(H,21,24)/b8-5+. The van der Waals surface area contributed by atoms with Crippen LogP contribution in [0, 0.1) is 17.0 Å². The van der Waals surface area contributed by atoms with Gasteiger partial charge in [0.1, 0.15) is 5.75 Å². The molecule has 0 unspecified atom stereocenters. The number of aryl methyl sites for hydroxylation is 1. The summed E-state index contributed by atoms with van der Waals surface area (Å²) in [7, 11) is 0. The molecule has 0 fully saturated rings. The molecule has 2 aromatic rings. The van der Waals surface area contributed by atoms with E-state index in [0.29, 0.717) is 11.3 Å². The van der Waals surface area contributed by atoms with Gasteiger partial charge in [-0.1, -0.05) is 28.1 Å². The van der Waals surface area contributed by atoms with Gasteiger partial charge in [-0.2, -0.15) is 0 Å². The summed E-state index contributed by atoms with van der Waals surface area (Å²) in [6, 6.07) is 11.1. The molecule has 0 atom stereocenters. The molecule has 2 amide bonds. The molecule has 0 aliphatic rings. The van der Waals surface area contributed by atoms with E-state index >= 15 is 0 Å². The van der Waals surface area contributed by atoms with Crippen LogP contribution in [0.5, 0.6) is 5.75 Å². The fraction of sp³-hybridized carbons (Fsp3) is 0.111. The normalized spacial score (nSPS) is 10.4. The summed E-state index contributed by atoms with van der Waals surface area (Å²) >= 11 is 3.37. The number of hydrogen-bond acceptors (Lipinski definition) is 5. The van der Waals surface area contributed by atoms with Crippen LogP contribution in [-0.2, 0) is 9.59 Å². The van der Waals surface area contributed by atoms with Gasteiger partial charge in [-0.15, -0.1) is 0 Å². The fourth-order valence-electron chi connectivity index (χ4n) is 1.98. The van der Waals surface area contributed by atoms with E-state index in [9.17, 15) is 19.7 Å². The van der Waals surface area contributed by atoms with Crippen LogP contribution < -0.4 is 15.6 Å². The molecule has 0 saturated heterocycles. The second kappa shape index (κ2) is 9.48. The minimum absolute atomic E-state index is 0.0776. The van der Waals surface area contributed by atoms with E-state index in [-0.39, 0.29) is 12.3 Å². The van der Waals surface area contributed by atoms with Crippen molar-refractivity contribution in [3.05, 3.63) is 74.3 Å². The van der Waals surface area contributed by atoms with Gasteiger partial charge < -0.3 is 4.74 Å². The van der Waals surface area contributed by atoms with Crippen LogP contribution in [0.3, 0.4) is 0 Å². The third kappa shape index (κ3) is 6.55. The van der Waals surface area contributed by atoms with Crippen molar-refractivity contribution in [2.24, 2.45) is 0 Å². The SMILES string of the molecule is Cc1cc(OCC(=O)NNC(=O)/C=C/c2cccc([N+](=O)[O-])c2)ccc1Br. The average molecular weight is 434 g/mol. The highest BCUT2D eigenvalue weighted by molar-refractivity contribution is 9.10. The van der Waals surface area contributed by atoms with Crippen LogP contribution in [0.1, 0.15) is 11.1 Å². The average Bonchev–Trinajstić information content (AvgIpc) is 2.65. The molecule has 0 aromatic heterocycles. The van der Waals surface area contributed by atoms with Crippen LogP contribution in [0.2, 0.25) is 0 Å². The van der Waals surface area contributed by atoms with Gasteiger partial charge in [0.15, 0.2) is 6.61 Å². The Labute approximate surface area is 163 Å². The Morgan fingerprint density at radius 1 is 1.22 bits per heavy atom. The van der Waals surface area contributed by atoms with Crippen LogP contribution in [-0.4, -0.2) is 23.3 Å². The lowest BCUT2D eigenvalue weighted by molar-refractivity contribution is -0.384. The second-order valence-corrected chi connectivity index (χ2v) is 6.28. The number of nitro groups is 1. The summed E-state index contributed by atoms with van der Waals surface area (Å²) in [5.74, 6) is -0.593. The lowest BCUT2D eigenvalue weighted by atomic mass is 10.2. The molecule has 140 valence electrons. The Balaban J connectivity index is 1.79. The van der Waals surface area contributed by atoms with Crippen LogP contribution in [0.4, 0.5) is 5.69 Å². The second-order valence-electron chi connectivity index (χ2n) is 5.42. The Kier molecular flexibility index (Phi) is 7.07. The van der Waals surface area contributed by atoms with Crippen molar-refractivity contribution in [3.63, 3.8) is 0 Å². The molecular formula is C18H16BrN3O5. The Hall–Kier alpha value is -3.20. The van der Waals surface area contributed by atoms with Crippen molar-refractivity contribution in [1.82, 2.24) is 10.9 Å². The first kappa shape index (κ1) is 20.1. The van der Waals surface area contributed by atoms with Gasteiger partial charge in [0, 0.05) is 22.7 Å². The third-order valence-electron chi connectivity index (χ3n) is 3.33. The smallest absolute Gasteiger partial charge is 0.276 e. The zero-order chi connectivity index (χ0) is 19.8. The van der Waals surface area contributed by atoms with Crippen molar-refractivity contribution in [1.29, 1.82) is 0 Å². The van der Waals surface area contributed by atoms with Crippen molar-refractivity contribution < 1.29 is 19.2 Å². The molecule has 2 aromatic carbocycles. The van der Waals surface area contributed by atoms with Crippen molar-refractivity contribution in [2.75, 3.05) is 6.61 Å². The van der Waals surface area contributed by atoms with E-state index in [2.05, 4.69) is 26.8 Å². The maximum atomic E-state index is 11.7. The highest BCUT2D eigenvalue weighted by Crippen LogP contribution is 2.21. The largest absolute Gasteiger partial charge is 0.484 e. The zero-order valence-electron chi connectivity index (χ0n) is 14.3. The number of nitrogens with one attached hydrogen (secondary N) is 2. The van der Waals surface area contributed by atoms with Crippen LogP contribution in [0.25, 0.3) is 6.08 Å². The number of carbonyl (C=O) groups excluding carboxylic acids is 2. The molecule has 8 nitrogen and oxygen atoms in total. The van der Waals surface area contributed by atoms with E-state index in [4.69, 9.17) is 4.74 Å². The molecule has 0 aliphatic heterocycles. The summed E-state index contributed by atoms with van der Waals surface area (Å²) < 4.78 is 6.27. The molecule has 2 N–H and O–H groups in total. The molecule has 0 bridgehead atoms. The quantitative estimate of drug-likeness (QED) is 0.413. The minimum Gasteiger partial charge on any atom is -0.484 e. The summed E-state index contributed by atoms with van der Waals surface area (Å²) in [5.41, 5.74) is 5.79. The van der Waals surface area contributed by atoms with E-state index in [1.807, 2.05) is 13.0 Å². The molecule has 2 rings (SSSR count). The molecule has 27 heavy (non-hydrogen) atoms. The molecule has 0 spiro atoms. The maximum Gasteiger partial charge on any atom is 0.276 e. The Morgan fingerprint density at radius 2 is 2.00 bits per heavy atom. The monoisotopic (exact) mass is 433 g/mol. The number of hydrazine groups is 1. The highest BCUT2D eigenvalue weighted by atomic mass is 79.9. The van der Waals surface area contributed by atoms with Crippen LogP contribution >= 0.6 is 15.9 Å². The number of amides is 2.